The highest BCUT2D eigenvalue weighted by molar-refractivity contribution is 7.89. The highest BCUT2D eigenvalue weighted by Crippen LogP contribution is 2.11. The van der Waals surface area contributed by atoms with Gasteiger partial charge >= 0.3 is 0 Å². The molecule has 6 heteroatoms. The Balaban J connectivity index is 2.75. The molecule has 0 spiro atoms. The van der Waals surface area contributed by atoms with E-state index in [-0.39, 0.29) is 12.4 Å². The molecule has 0 unspecified atom stereocenters. The lowest BCUT2D eigenvalue weighted by Gasteiger charge is -2.17. The van der Waals surface area contributed by atoms with Gasteiger partial charge in [-0.15, -0.1) is 0 Å². The van der Waals surface area contributed by atoms with Gasteiger partial charge in [-0.1, -0.05) is 19.4 Å². The van der Waals surface area contributed by atoms with Gasteiger partial charge in [0.05, 0.1) is 24.1 Å². The average molecular weight is 272 g/mol. The summed E-state index contributed by atoms with van der Waals surface area (Å²) in [4.78, 5) is 4.16. The molecule has 0 saturated heterocycles. The zero-order chi connectivity index (χ0) is 13.4. The number of hydrogen-bond donors (Lipinski definition) is 1. The molecule has 0 bridgehead atoms. The molecular weight excluding hydrogens is 252 g/mol. The maximum absolute atomic E-state index is 11.9. The largest absolute Gasteiger partial charge is 0.383 e. The van der Waals surface area contributed by atoms with Gasteiger partial charge in [-0.05, 0) is 18.6 Å². The summed E-state index contributed by atoms with van der Waals surface area (Å²) < 4.78 is 31.4. The summed E-state index contributed by atoms with van der Waals surface area (Å²) in [7, 11) is -1.75. The second kappa shape index (κ2) is 7.45. The van der Waals surface area contributed by atoms with Gasteiger partial charge in [0.15, 0.2) is 0 Å². The van der Waals surface area contributed by atoms with Crippen molar-refractivity contribution in [3.8, 4) is 0 Å². The van der Waals surface area contributed by atoms with E-state index in [1.165, 1.54) is 7.11 Å². The van der Waals surface area contributed by atoms with Crippen LogP contribution in [0, 0.1) is 0 Å². The summed E-state index contributed by atoms with van der Waals surface area (Å²) in [6.45, 7) is 2.23. The normalized spacial score (nSPS) is 13.4. The highest BCUT2D eigenvalue weighted by atomic mass is 32.2. The van der Waals surface area contributed by atoms with E-state index in [9.17, 15) is 8.42 Å². The Hall–Kier alpha value is -0.980. The molecule has 0 aromatic carbocycles. The molecule has 1 aromatic rings. The molecule has 102 valence electrons. The van der Waals surface area contributed by atoms with Crippen molar-refractivity contribution in [3.63, 3.8) is 0 Å². The molecule has 0 aliphatic heterocycles. The van der Waals surface area contributed by atoms with Crippen LogP contribution in [0.4, 0.5) is 0 Å². The lowest BCUT2D eigenvalue weighted by Crippen LogP contribution is -2.33. The minimum absolute atomic E-state index is 0.135. The molecular formula is C12H20N2O3S. The van der Waals surface area contributed by atoms with Crippen molar-refractivity contribution in [1.82, 2.24) is 9.71 Å². The van der Waals surface area contributed by atoms with E-state index in [1.807, 2.05) is 13.0 Å². The maximum atomic E-state index is 11.9. The van der Waals surface area contributed by atoms with Crippen molar-refractivity contribution in [3.05, 3.63) is 30.1 Å². The molecule has 0 radical (unpaired) electrons. The summed E-state index contributed by atoms with van der Waals surface area (Å²) in [5.74, 6) is 0.135. The summed E-state index contributed by atoms with van der Waals surface area (Å²) in [6, 6.07) is 4.97. The van der Waals surface area contributed by atoms with Crippen LogP contribution in [-0.2, 0) is 14.8 Å². The van der Waals surface area contributed by atoms with Gasteiger partial charge in [0.2, 0.25) is 10.0 Å². The Morgan fingerprint density at radius 3 is 2.78 bits per heavy atom. The van der Waals surface area contributed by atoms with Crippen LogP contribution in [0.15, 0.2) is 24.4 Å². The van der Waals surface area contributed by atoms with Crippen LogP contribution < -0.4 is 4.72 Å². The third-order valence-electron chi connectivity index (χ3n) is 2.47. The predicted octanol–water partition coefficient (Wildman–Crippen LogP) is 1.49. The molecule has 0 aliphatic carbocycles. The van der Waals surface area contributed by atoms with Gasteiger partial charge in [0.25, 0.3) is 0 Å². The summed E-state index contributed by atoms with van der Waals surface area (Å²) in [5.41, 5.74) is 0.666. The van der Waals surface area contributed by atoms with E-state index in [0.717, 1.165) is 6.42 Å². The van der Waals surface area contributed by atoms with Crippen molar-refractivity contribution in [2.24, 2.45) is 0 Å². The predicted molar refractivity (Wildman–Crippen MR) is 70.7 cm³/mol. The molecule has 0 aliphatic rings. The third-order valence-corrected chi connectivity index (χ3v) is 3.94. The standard InChI is InChI=1S/C12H20N2O3S/c1-3-4-9-18(15,16)14-12(10-17-2)11-7-5-6-8-13-11/h5-8,12,14H,3-4,9-10H2,1-2H3/t12-/m1/s1. The van der Waals surface area contributed by atoms with Gasteiger partial charge in [-0.2, -0.15) is 0 Å². The smallest absolute Gasteiger partial charge is 0.212 e. The zero-order valence-electron chi connectivity index (χ0n) is 10.8. The van der Waals surface area contributed by atoms with Gasteiger partial charge in [-0.3, -0.25) is 4.98 Å². The quantitative estimate of drug-likeness (QED) is 0.778. The molecule has 0 amide bonds. The van der Waals surface area contributed by atoms with Crippen LogP contribution in [0.3, 0.4) is 0 Å². The fourth-order valence-electron chi connectivity index (χ4n) is 1.54. The SMILES string of the molecule is CCCCS(=O)(=O)N[C@H](COC)c1ccccn1. The number of methoxy groups -OCH3 is 1. The summed E-state index contributed by atoms with van der Waals surface area (Å²) in [6.07, 6.45) is 3.13. The molecule has 18 heavy (non-hydrogen) atoms. The molecule has 1 heterocycles. The second-order valence-corrected chi connectivity index (χ2v) is 5.93. The summed E-state index contributed by atoms with van der Waals surface area (Å²) in [5, 5.41) is 0. The minimum Gasteiger partial charge on any atom is -0.383 e. The first kappa shape index (κ1) is 15.1. The number of nitrogens with zero attached hydrogens (tertiary/aromatic N) is 1. The fraction of sp³-hybridized carbons (Fsp3) is 0.583. The zero-order valence-corrected chi connectivity index (χ0v) is 11.6. The second-order valence-electron chi connectivity index (χ2n) is 4.05. The Morgan fingerprint density at radius 2 is 2.22 bits per heavy atom. The molecule has 1 aromatic heterocycles. The fourth-order valence-corrected chi connectivity index (χ4v) is 2.95. The van der Waals surface area contributed by atoms with Crippen LogP contribution in [0.2, 0.25) is 0 Å². The van der Waals surface area contributed by atoms with E-state index in [2.05, 4.69) is 9.71 Å². The molecule has 1 atom stereocenters. The van der Waals surface area contributed by atoms with Crippen LogP contribution >= 0.6 is 0 Å². The Labute approximate surface area is 109 Å². The molecule has 1 rings (SSSR count). The molecule has 0 saturated carbocycles. The maximum Gasteiger partial charge on any atom is 0.212 e. The first-order valence-electron chi connectivity index (χ1n) is 5.99. The molecule has 5 nitrogen and oxygen atoms in total. The van der Waals surface area contributed by atoms with E-state index >= 15 is 0 Å². The van der Waals surface area contributed by atoms with E-state index < -0.39 is 16.1 Å². The van der Waals surface area contributed by atoms with Gasteiger partial charge < -0.3 is 4.74 Å². The van der Waals surface area contributed by atoms with E-state index in [4.69, 9.17) is 4.74 Å². The number of ether oxygens (including phenoxy) is 1. The van der Waals surface area contributed by atoms with Crippen LogP contribution in [-0.4, -0.2) is 32.9 Å². The first-order valence-corrected chi connectivity index (χ1v) is 7.64. The Kier molecular flexibility index (Phi) is 6.24. The van der Waals surface area contributed by atoms with Gasteiger partial charge in [-0.25, -0.2) is 13.1 Å². The number of unbranched alkanes of at least 4 members (excludes halogenated alkanes) is 1. The van der Waals surface area contributed by atoms with Crippen molar-refractivity contribution in [1.29, 1.82) is 0 Å². The lowest BCUT2D eigenvalue weighted by molar-refractivity contribution is 0.174. The number of hydrogen-bond acceptors (Lipinski definition) is 4. The Bertz CT molecular complexity index is 434. The first-order chi connectivity index (χ1) is 8.59. The molecule has 0 fully saturated rings. The topological polar surface area (TPSA) is 68.3 Å². The van der Waals surface area contributed by atoms with Crippen LogP contribution in [0.1, 0.15) is 31.5 Å². The minimum atomic E-state index is -3.28. The lowest BCUT2D eigenvalue weighted by atomic mass is 10.2. The van der Waals surface area contributed by atoms with E-state index in [0.29, 0.717) is 12.1 Å². The van der Waals surface area contributed by atoms with Crippen molar-refractivity contribution < 1.29 is 13.2 Å². The number of aromatic nitrogens is 1. The van der Waals surface area contributed by atoms with Crippen molar-refractivity contribution >= 4 is 10.0 Å². The van der Waals surface area contributed by atoms with Gasteiger partial charge in [0, 0.05) is 13.3 Å². The van der Waals surface area contributed by atoms with E-state index in [1.54, 1.807) is 18.3 Å². The summed E-state index contributed by atoms with van der Waals surface area (Å²) >= 11 is 0. The van der Waals surface area contributed by atoms with Crippen molar-refractivity contribution in [2.75, 3.05) is 19.5 Å². The number of nitrogens with one attached hydrogen (secondary N) is 1. The highest BCUT2D eigenvalue weighted by Gasteiger charge is 2.19. The third kappa shape index (κ3) is 5.12. The average Bonchev–Trinajstić information content (AvgIpc) is 2.37. The van der Waals surface area contributed by atoms with Gasteiger partial charge in [0.1, 0.15) is 0 Å². The van der Waals surface area contributed by atoms with Crippen LogP contribution in [0.5, 0.6) is 0 Å². The number of pyridine rings is 1. The Morgan fingerprint density at radius 1 is 1.44 bits per heavy atom. The monoisotopic (exact) mass is 272 g/mol. The molecule has 1 N–H and O–H groups in total. The number of rotatable bonds is 8. The number of sulfonamides is 1. The van der Waals surface area contributed by atoms with Crippen molar-refractivity contribution in [2.45, 2.75) is 25.8 Å². The van der Waals surface area contributed by atoms with Crippen LogP contribution in [0.25, 0.3) is 0 Å².